The molecule has 4 rings (SSSR count). The molecule has 0 aliphatic rings. The number of hydrogen-bond acceptors (Lipinski definition) is 6. The van der Waals surface area contributed by atoms with Crippen molar-refractivity contribution in [3.63, 3.8) is 0 Å². The zero-order chi connectivity index (χ0) is 20.4. The van der Waals surface area contributed by atoms with Gasteiger partial charge in [-0.05, 0) is 36.9 Å². The topological polar surface area (TPSA) is 90.5 Å². The minimum absolute atomic E-state index is 0.0402. The number of ether oxygens (including phenoxy) is 1. The van der Waals surface area contributed by atoms with Gasteiger partial charge in [-0.25, -0.2) is 0 Å². The number of benzene rings is 1. The van der Waals surface area contributed by atoms with Gasteiger partial charge in [0, 0.05) is 31.1 Å². The number of hydrogen-bond donors (Lipinski definition) is 1. The molecule has 0 bridgehead atoms. The summed E-state index contributed by atoms with van der Waals surface area (Å²) >= 11 is 1.42. The molecule has 1 N–H and O–H groups in total. The molecule has 29 heavy (non-hydrogen) atoms. The predicted octanol–water partition coefficient (Wildman–Crippen LogP) is 3.10. The summed E-state index contributed by atoms with van der Waals surface area (Å²) in [4.78, 5) is 24.9. The Labute approximate surface area is 170 Å². The van der Waals surface area contributed by atoms with Crippen molar-refractivity contribution < 1.29 is 9.53 Å². The molecule has 0 saturated heterocycles. The first kappa shape index (κ1) is 19.1. The fourth-order valence-corrected chi connectivity index (χ4v) is 4.18. The lowest BCUT2D eigenvalue weighted by molar-refractivity contribution is -0.116. The zero-order valence-corrected chi connectivity index (χ0v) is 17.0. The number of fused-ring (bicyclic) bond motifs is 3. The minimum Gasteiger partial charge on any atom is -0.497 e. The minimum atomic E-state index is -0.0711. The van der Waals surface area contributed by atoms with Crippen molar-refractivity contribution in [1.29, 1.82) is 0 Å². The molecule has 3 aromatic heterocycles. The summed E-state index contributed by atoms with van der Waals surface area (Å²) in [5.41, 5.74) is 1.48. The number of methoxy groups -OCH3 is 1. The van der Waals surface area contributed by atoms with E-state index in [0.29, 0.717) is 47.7 Å². The highest BCUT2D eigenvalue weighted by molar-refractivity contribution is 7.17. The first-order chi connectivity index (χ1) is 14.1. The molecule has 1 aromatic carbocycles. The molecule has 9 heteroatoms. The van der Waals surface area contributed by atoms with Crippen LogP contribution in [-0.4, -0.2) is 32.2 Å². The van der Waals surface area contributed by atoms with Gasteiger partial charge in [0.1, 0.15) is 16.3 Å². The quantitative estimate of drug-likeness (QED) is 0.505. The number of thiophene rings is 1. The number of anilines is 1. The second-order valence-electron chi connectivity index (χ2n) is 6.57. The van der Waals surface area contributed by atoms with Crippen molar-refractivity contribution in [1.82, 2.24) is 19.2 Å². The van der Waals surface area contributed by atoms with Crippen LogP contribution in [0, 0.1) is 0 Å². The van der Waals surface area contributed by atoms with Gasteiger partial charge < -0.3 is 10.1 Å². The van der Waals surface area contributed by atoms with E-state index >= 15 is 0 Å². The monoisotopic (exact) mass is 411 g/mol. The summed E-state index contributed by atoms with van der Waals surface area (Å²) in [7, 11) is 1.59. The Balaban J connectivity index is 1.50. The van der Waals surface area contributed by atoms with Gasteiger partial charge in [-0.15, -0.1) is 21.5 Å². The van der Waals surface area contributed by atoms with Crippen LogP contribution in [0.5, 0.6) is 5.75 Å². The third-order valence-corrected chi connectivity index (χ3v) is 5.64. The van der Waals surface area contributed by atoms with E-state index in [-0.39, 0.29) is 11.5 Å². The van der Waals surface area contributed by atoms with E-state index in [0.717, 1.165) is 11.3 Å². The van der Waals surface area contributed by atoms with Crippen LogP contribution in [0.15, 0.2) is 40.5 Å². The molecule has 0 saturated carbocycles. The van der Waals surface area contributed by atoms with Gasteiger partial charge in [0.2, 0.25) is 11.7 Å². The lowest BCUT2D eigenvalue weighted by atomic mass is 10.2. The van der Waals surface area contributed by atoms with Gasteiger partial charge in [0.25, 0.3) is 5.56 Å². The number of carbonyl (C=O) groups excluding carboxylic acids is 1. The predicted molar refractivity (Wildman–Crippen MR) is 113 cm³/mol. The second-order valence-corrected chi connectivity index (χ2v) is 7.49. The molecule has 0 atom stereocenters. The van der Waals surface area contributed by atoms with Gasteiger partial charge in [0.05, 0.1) is 12.6 Å². The highest BCUT2D eigenvalue weighted by Crippen LogP contribution is 2.21. The summed E-state index contributed by atoms with van der Waals surface area (Å²) in [5, 5.41) is 13.3. The van der Waals surface area contributed by atoms with E-state index in [1.807, 2.05) is 41.0 Å². The zero-order valence-electron chi connectivity index (χ0n) is 16.2. The molecule has 0 spiro atoms. The van der Waals surface area contributed by atoms with Crippen LogP contribution in [0.25, 0.3) is 16.0 Å². The van der Waals surface area contributed by atoms with Crippen molar-refractivity contribution in [3.05, 3.63) is 51.9 Å². The molecule has 3 heterocycles. The van der Waals surface area contributed by atoms with E-state index in [9.17, 15) is 9.59 Å². The Hall–Kier alpha value is -3.20. The molecule has 0 aliphatic carbocycles. The van der Waals surface area contributed by atoms with Crippen molar-refractivity contribution in [2.24, 2.45) is 0 Å². The number of nitrogens with zero attached hydrogens (tertiary/aromatic N) is 4. The van der Waals surface area contributed by atoms with Gasteiger partial charge in [-0.3, -0.25) is 18.6 Å². The van der Waals surface area contributed by atoms with Crippen LogP contribution in [-0.2, 0) is 17.8 Å². The van der Waals surface area contributed by atoms with E-state index in [1.54, 1.807) is 17.7 Å². The first-order valence-corrected chi connectivity index (χ1v) is 10.3. The summed E-state index contributed by atoms with van der Waals surface area (Å²) in [6.45, 7) is 2.44. The molecule has 0 radical (unpaired) electrons. The molecule has 150 valence electrons. The van der Waals surface area contributed by atoms with E-state index in [4.69, 9.17) is 4.74 Å². The molecule has 4 aromatic rings. The molecular weight excluding hydrogens is 390 g/mol. The van der Waals surface area contributed by atoms with Crippen LogP contribution < -0.4 is 15.6 Å². The molecule has 0 unspecified atom stereocenters. The smallest absolute Gasteiger partial charge is 0.272 e. The Bertz CT molecular complexity index is 1240. The number of carbonyl (C=O) groups is 1. The van der Waals surface area contributed by atoms with Gasteiger partial charge in [-0.2, -0.15) is 0 Å². The Morgan fingerprint density at radius 1 is 1.28 bits per heavy atom. The number of aryl methyl sites for hydroxylation is 2. The largest absolute Gasteiger partial charge is 0.497 e. The molecule has 1 amide bonds. The lowest BCUT2D eigenvalue weighted by Crippen LogP contribution is -2.21. The molecule has 0 aliphatic heterocycles. The maximum Gasteiger partial charge on any atom is 0.272 e. The molecule has 8 nitrogen and oxygen atoms in total. The Morgan fingerprint density at radius 2 is 2.14 bits per heavy atom. The van der Waals surface area contributed by atoms with E-state index < -0.39 is 0 Å². The summed E-state index contributed by atoms with van der Waals surface area (Å²) in [6.07, 6.45) is 1.55. The highest BCUT2D eigenvalue weighted by atomic mass is 32.1. The third kappa shape index (κ3) is 3.61. The standard InChI is InChI=1S/C20H21N5O3S/c1-3-24-19(27)18-15(10-11-29-18)25-16(22-23-20(24)25)8-5-9-17(26)21-13-6-4-7-14(12-13)28-2/h4,6-7,10-12H,3,5,8-9H2,1-2H3,(H,21,26). The second kappa shape index (κ2) is 8.04. The van der Waals surface area contributed by atoms with Crippen LogP contribution in [0.2, 0.25) is 0 Å². The normalized spacial score (nSPS) is 11.2. The Morgan fingerprint density at radius 3 is 2.93 bits per heavy atom. The van der Waals surface area contributed by atoms with Crippen molar-refractivity contribution >= 4 is 38.9 Å². The fraction of sp³-hybridized carbons (Fsp3) is 0.300. The fourth-order valence-electron chi connectivity index (χ4n) is 3.36. The summed E-state index contributed by atoms with van der Waals surface area (Å²) < 4.78 is 9.42. The lowest BCUT2D eigenvalue weighted by Gasteiger charge is -2.08. The van der Waals surface area contributed by atoms with Crippen LogP contribution >= 0.6 is 11.3 Å². The number of nitrogens with one attached hydrogen (secondary N) is 1. The number of aromatic nitrogens is 4. The SMILES string of the molecule is CCn1c(=O)c2sccc2n2c(CCCC(=O)Nc3cccc(OC)c3)nnc12. The van der Waals surface area contributed by atoms with Crippen molar-refractivity contribution in [2.45, 2.75) is 32.7 Å². The Kier molecular flexibility index (Phi) is 5.30. The van der Waals surface area contributed by atoms with Crippen LogP contribution in [0.1, 0.15) is 25.6 Å². The van der Waals surface area contributed by atoms with Crippen molar-refractivity contribution in [2.75, 3.05) is 12.4 Å². The average Bonchev–Trinajstić information content (AvgIpc) is 3.36. The maximum absolute atomic E-state index is 12.6. The van der Waals surface area contributed by atoms with Crippen LogP contribution in [0.3, 0.4) is 0 Å². The number of rotatable bonds is 7. The molecule has 0 fully saturated rings. The maximum atomic E-state index is 12.6. The summed E-state index contributed by atoms with van der Waals surface area (Å²) in [5.74, 6) is 1.91. The van der Waals surface area contributed by atoms with Crippen LogP contribution in [0.4, 0.5) is 5.69 Å². The summed E-state index contributed by atoms with van der Waals surface area (Å²) in [6, 6.07) is 9.17. The third-order valence-electron chi connectivity index (χ3n) is 4.75. The van der Waals surface area contributed by atoms with Gasteiger partial charge in [-0.1, -0.05) is 6.07 Å². The number of amides is 1. The molecular formula is C20H21N5O3S. The van der Waals surface area contributed by atoms with E-state index in [2.05, 4.69) is 15.5 Å². The highest BCUT2D eigenvalue weighted by Gasteiger charge is 2.16. The average molecular weight is 411 g/mol. The first-order valence-electron chi connectivity index (χ1n) is 9.40. The van der Waals surface area contributed by atoms with Gasteiger partial charge in [0.15, 0.2) is 0 Å². The van der Waals surface area contributed by atoms with Crippen molar-refractivity contribution in [3.8, 4) is 5.75 Å². The van der Waals surface area contributed by atoms with Gasteiger partial charge >= 0.3 is 0 Å². The van der Waals surface area contributed by atoms with E-state index in [1.165, 1.54) is 11.3 Å².